The normalized spacial score (nSPS) is 18.7. The molecular formula is C18H25NO4S. The Bertz CT molecular complexity index is 691. The molecule has 0 aromatic heterocycles. The third-order valence-corrected chi connectivity index (χ3v) is 7.24. The number of hydrogen-bond acceptors (Lipinski definition) is 4. The number of rotatable bonds is 7. The molecule has 132 valence electrons. The minimum Gasteiger partial charge on any atom is -0.508 e. The Morgan fingerprint density at radius 2 is 1.88 bits per heavy atom. The van der Waals surface area contributed by atoms with Crippen LogP contribution in [0.25, 0.3) is 0 Å². The van der Waals surface area contributed by atoms with E-state index >= 15 is 0 Å². The zero-order chi connectivity index (χ0) is 17.2. The lowest BCUT2D eigenvalue weighted by molar-refractivity contribution is -0.132. The van der Waals surface area contributed by atoms with Gasteiger partial charge in [0.1, 0.15) is 5.75 Å². The monoisotopic (exact) mass is 351 g/mol. The fourth-order valence-corrected chi connectivity index (χ4v) is 5.29. The van der Waals surface area contributed by atoms with Crippen LogP contribution in [0.5, 0.6) is 5.75 Å². The lowest BCUT2D eigenvalue weighted by Crippen LogP contribution is -2.34. The quantitative estimate of drug-likeness (QED) is 0.819. The third-order valence-electron chi connectivity index (χ3n) is 4.98. The first-order chi connectivity index (χ1) is 11.5. The van der Waals surface area contributed by atoms with Gasteiger partial charge in [-0.2, -0.15) is 0 Å². The van der Waals surface area contributed by atoms with Crippen LogP contribution in [0, 0.1) is 0 Å². The molecule has 0 unspecified atom stereocenters. The highest BCUT2D eigenvalue weighted by atomic mass is 32.2. The van der Waals surface area contributed by atoms with Crippen molar-refractivity contribution in [2.24, 2.45) is 0 Å². The van der Waals surface area contributed by atoms with Gasteiger partial charge in [-0.15, -0.1) is 0 Å². The summed E-state index contributed by atoms with van der Waals surface area (Å²) in [6, 6.07) is 7.09. The summed E-state index contributed by atoms with van der Waals surface area (Å²) in [4.78, 5) is 14.4. The summed E-state index contributed by atoms with van der Waals surface area (Å²) in [5.41, 5.74) is 0.869. The molecule has 1 aromatic rings. The van der Waals surface area contributed by atoms with E-state index in [2.05, 4.69) is 0 Å². The van der Waals surface area contributed by atoms with Crippen molar-refractivity contribution in [3.05, 3.63) is 29.8 Å². The Kier molecular flexibility index (Phi) is 5.13. The molecule has 1 aromatic carbocycles. The SMILES string of the molecule is O=C(CCS(=O)(=O)C1CCCC1)N(Cc1cccc(O)c1)C1CC1. The minimum absolute atomic E-state index is 0.0419. The fourth-order valence-electron chi connectivity index (χ4n) is 3.45. The molecule has 2 saturated carbocycles. The second-order valence-corrected chi connectivity index (χ2v) is 9.35. The standard InChI is InChI=1S/C18H25NO4S/c20-16-5-3-4-14(12-16)13-19(15-8-9-15)18(21)10-11-24(22,23)17-6-1-2-7-17/h3-5,12,15,17,20H,1-2,6-11,13H2. The second kappa shape index (κ2) is 7.13. The Balaban J connectivity index is 1.60. The van der Waals surface area contributed by atoms with Gasteiger partial charge in [0.2, 0.25) is 5.91 Å². The van der Waals surface area contributed by atoms with Gasteiger partial charge < -0.3 is 10.0 Å². The molecule has 6 heteroatoms. The summed E-state index contributed by atoms with van der Waals surface area (Å²) in [6.45, 7) is 0.432. The number of hydrogen-bond donors (Lipinski definition) is 1. The molecule has 0 heterocycles. The number of nitrogens with zero attached hydrogens (tertiary/aromatic N) is 1. The summed E-state index contributed by atoms with van der Waals surface area (Å²) in [6.07, 6.45) is 5.44. The number of carbonyl (C=O) groups is 1. The van der Waals surface area contributed by atoms with E-state index in [-0.39, 0.29) is 35.1 Å². The molecule has 0 spiro atoms. The molecule has 0 bridgehead atoms. The summed E-state index contributed by atoms with van der Waals surface area (Å²) >= 11 is 0. The first kappa shape index (κ1) is 17.3. The van der Waals surface area contributed by atoms with Gasteiger partial charge in [-0.1, -0.05) is 25.0 Å². The topological polar surface area (TPSA) is 74.7 Å². The van der Waals surface area contributed by atoms with Crippen LogP contribution in [0.4, 0.5) is 0 Å². The molecule has 0 aliphatic heterocycles. The van der Waals surface area contributed by atoms with Gasteiger partial charge in [0.05, 0.1) is 11.0 Å². The maximum atomic E-state index is 12.6. The van der Waals surface area contributed by atoms with E-state index in [1.807, 2.05) is 6.07 Å². The summed E-state index contributed by atoms with van der Waals surface area (Å²) in [5, 5.41) is 9.32. The molecular weight excluding hydrogens is 326 g/mol. The van der Waals surface area contributed by atoms with Crippen molar-refractivity contribution in [2.45, 2.75) is 62.8 Å². The Morgan fingerprint density at radius 1 is 1.17 bits per heavy atom. The van der Waals surface area contributed by atoms with E-state index in [1.165, 1.54) is 0 Å². The van der Waals surface area contributed by atoms with E-state index in [9.17, 15) is 18.3 Å². The van der Waals surface area contributed by atoms with E-state index in [0.29, 0.717) is 6.54 Å². The van der Waals surface area contributed by atoms with Crippen molar-refractivity contribution >= 4 is 15.7 Å². The van der Waals surface area contributed by atoms with Crippen LogP contribution < -0.4 is 0 Å². The van der Waals surface area contributed by atoms with E-state index in [0.717, 1.165) is 44.1 Å². The number of phenolic OH excluding ortho intramolecular Hbond substituents is 1. The molecule has 0 radical (unpaired) electrons. The highest BCUT2D eigenvalue weighted by Gasteiger charge is 2.34. The lowest BCUT2D eigenvalue weighted by Gasteiger charge is -2.23. The predicted molar refractivity (Wildman–Crippen MR) is 92.3 cm³/mol. The van der Waals surface area contributed by atoms with Gasteiger partial charge in [-0.25, -0.2) is 8.42 Å². The van der Waals surface area contributed by atoms with Crippen LogP contribution in [0.15, 0.2) is 24.3 Å². The zero-order valence-corrected chi connectivity index (χ0v) is 14.7. The zero-order valence-electron chi connectivity index (χ0n) is 13.9. The minimum atomic E-state index is -3.16. The van der Waals surface area contributed by atoms with Crippen LogP contribution >= 0.6 is 0 Å². The van der Waals surface area contributed by atoms with Crippen molar-refractivity contribution < 1.29 is 18.3 Å². The largest absolute Gasteiger partial charge is 0.508 e. The van der Waals surface area contributed by atoms with Gasteiger partial charge >= 0.3 is 0 Å². The van der Waals surface area contributed by atoms with Crippen LogP contribution in [0.2, 0.25) is 0 Å². The van der Waals surface area contributed by atoms with Crippen LogP contribution in [0.1, 0.15) is 50.5 Å². The highest BCUT2D eigenvalue weighted by molar-refractivity contribution is 7.92. The Morgan fingerprint density at radius 3 is 2.50 bits per heavy atom. The van der Waals surface area contributed by atoms with Gasteiger partial charge in [0.25, 0.3) is 0 Å². The summed E-state index contributed by atoms with van der Waals surface area (Å²) < 4.78 is 24.7. The first-order valence-corrected chi connectivity index (χ1v) is 10.5. The maximum Gasteiger partial charge on any atom is 0.224 e. The Labute approximate surface area is 143 Å². The van der Waals surface area contributed by atoms with E-state index in [1.54, 1.807) is 23.1 Å². The van der Waals surface area contributed by atoms with Crippen molar-refractivity contribution in [1.82, 2.24) is 4.90 Å². The molecule has 1 N–H and O–H groups in total. The number of amides is 1. The van der Waals surface area contributed by atoms with Crippen LogP contribution in [-0.4, -0.2) is 41.4 Å². The molecule has 3 rings (SSSR count). The van der Waals surface area contributed by atoms with E-state index < -0.39 is 9.84 Å². The average molecular weight is 351 g/mol. The van der Waals surface area contributed by atoms with Crippen molar-refractivity contribution in [3.63, 3.8) is 0 Å². The average Bonchev–Trinajstić information content (AvgIpc) is 3.22. The fraction of sp³-hybridized carbons (Fsp3) is 0.611. The van der Waals surface area contributed by atoms with Crippen LogP contribution in [-0.2, 0) is 21.2 Å². The molecule has 2 fully saturated rings. The number of sulfone groups is 1. The lowest BCUT2D eigenvalue weighted by atomic mass is 10.2. The molecule has 2 aliphatic rings. The third kappa shape index (κ3) is 4.29. The van der Waals surface area contributed by atoms with Gasteiger partial charge in [0.15, 0.2) is 9.84 Å². The van der Waals surface area contributed by atoms with Crippen molar-refractivity contribution in [3.8, 4) is 5.75 Å². The predicted octanol–water partition coefficient (Wildman–Crippen LogP) is 2.63. The van der Waals surface area contributed by atoms with Crippen molar-refractivity contribution in [1.29, 1.82) is 0 Å². The number of benzene rings is 1. The molecule has 24 heavy (non-hydrogen) atoms. The molecule has 0 atom stereocenters. The van der Waals surface area contributed by atoms with Gasteiger partial charge in [-0.3, -0.25) is 4.79 Å². The molecule has 0 saturated heterocycles. The smallest absolute Gasteiger partial charge is 0.224 e. The molecule has 1 amide bonds. The van der Waals surface area contributed by atoms with E-state index in [4.69, 9.17) is 0 Å². The Hall–Kier alpha value is -1.56. The molecule has 5 nitrogen and oxygen atoms in total. The van der Waals surface area contributed by atoms with Crippen molar-refractivity contribution in [2.75, 3.05) is 5.75 Å². The number of aromatic hydroxyl groups is 1. The summed E-state index contributed by atoms with van der Waals surface area (Å²) in [5.74, 6) is 0.0432. The number of phenols is 1. The van der Waals surface area contributed by atoms with Gasteiger partial charge in [-0.05, 0) is 43.4 Å². The second-order valence-electron chi connectivity index (χ2n) is 6.95. The highest BCUT2D eigenvalue weighted by Crippen LogP contribution is 2.30. The first-order valence-electron chi connectivity index (χ1n) is 8.74. The van der Waals surface area contributed by atoms with Gasteiger partial charge in [0, 0.05) is 19.0 Å². The number of carbonyl (C=O) groups excluding carboxylic acids is 1. The molecule has 2 aliphatic carbocycles. The van der Waals surface area contributed by atoms with Crippen LogP contribution in [0.3, 0.4) is 0 Å². The maximum absolute atomic E-state index is 12.6. The summed E-state index contributed by atoms with van der Waals surface area (Å²) in [7, 11) is -3.16.